The number of para-hydroxylation sites is 2. The average molecular weight is 372 g/mol. The van der Waals surface area contributed by atoms with E-state index < -0.39 is 20.0 Å². The normalized spacial score (nSPS) is 15.8. The van der Waals surface area contributed by atoms with E-state index in [1.807, 2.05) is 24.3 Å². The van der Waals surface area contributed by atoms with Crippen LogP contribution >= 0.6 is 0 Å². The highest BCUT2D eigenvalue weighted by Gasteiger charge is 2.26. The molecule has 1 saturated carbocycles. The first-order valence-corrected chi connectivity index (χ1v) is 11.0. The highest BCUT2D eigenvalue weighted by molar-refractivity contribution is 7.90. The Morgan fingerprint density at radius 3 is 2.58 bits per heavy atom. The Morgan fingerprint density at radius 2 is 1.83 bits per heavy atom. The van der Waals surface area contributed by atoms with Crippen LogP contribution in [0.15, 0.2) is 30.6 Å². The summed E-state index contributed by atoms with van der Waals surface area (Å²) in [5.74, 6) is -0.389. The molecule has 1 heterocycles. The highest BCUT2D eigenvalue weighted by Crippen LogP contribution is 2.19. The molecule has 1 aromatic heterocycles. The second-order valence-corrected chi connectivity index (χ2v) is 9.65. The molecule has 8 nitrogen and oxygen atoms in total. The zero-order valence-electron chi connectivity index (χ0n) is 13.1. The Hall–Kier alpha value is -1.49. The number of sulfonamides is 2. The number of rotatable bonds is 9. The molecule has 0 saturated heterocycles. The van der Waals surface area contributed by atoms with Gasteiger partial charge in [-0.1, -0.05) is 12.1 Å². The van der Waals surface area contributed by atoms with Gasteiger partial charge in [-0.2, -0.15) is 0 Å². The summed E-state index contributed by atoms with van der Waals surface area (Å²) in [6, 6.07) is 7.49. The van der Waals surface area contributed by atoms with Crippen LogP contribution < -0.4 is 9.44 Å². The van der Waals surface area contributed by atoms with E-state index in [-0.39, 0.29) is 30.6 Å². The minimum absolute atomic E-state index is 0.0288. The van der Waals surface area contributed by atoms with Gasteiger partial charge in [-0.15, -0.1) is 0 Å². The maximum Gasteiger partial charge on any atom is 0.213 e. The molecule has 0 spiro atoms. The lowest BCUT2D eigenvalue weighted by Gasteiger charge is -2.09. The molecule has 10 heteroatoms. The number of imidazole rings is 1. The summed E-state index contributed by atoms with van der Waals surface area (Å²) in [4.78, 5) is 4.21. The van der Waals surface area contributed by atoms with Crippen molar-refractivity contribution in [2.75, 3.05) is 18.1 Å². The number of aromatic nitrogens is 2. The zero-order chi connectivity index (χ0) is 17.2. The summed E-state index contributed by atoms with van der Waals surface area (Å²) >= 11 is 0. The smallest absolute Gasteiger partial charge is 0.213 e. The number of aryl methyl sites for hydroxylation is 1. The van der Waals surface area contributed by atoms with Crippen molar-refractivity contribution in [1.29, 1.82) is 0 Å². The van der Waals surface area contributed by atoms with Crippen molar-refractivity contribution in [2.45, 2.75) is 25.4 Å². The van der Waals surface area contributed by atoms with Crippen LogP contribution in [-0.2, 0) is 26.6 Å². The molecule has 1 aliphatic rings. The molecule has 0 unspecified atom stereocenters. The topological polar surface area (TPSA) is 110 Å². The Labute approximate surface area is 141 Å². The van der Waals surface area contributed by atoms with E-state index in [1.165, 1.54) is 0 Å². The number of hydrogen-bond donors (Lipinski definition) is 2. The van der Waals surface area contributed by atoms with E-state index in [0.717, 1.165) is 23.9 Å². The minimum Gasteiger partial charge on any atom is -0.330 e. The third kappa shape index (κ3) is 4.76. The largest absolute Gasteiger partial charge is 0.330 e. The van der Waals surface area contributed by atoms with Gasteiger partial charge in [0.05, 0.1) is 28.9 Å². The van der Waals surface area contributed by atoms with Gasteiger partial charge in [0.15, 0.2) is 0 Å². The number of nitrogens with one attached hydrogen (secondary N) is 2. The van der Waals surface area contributed by atoms with Gasteiger partial charge >= 0.3 is 0 Å². The van der Waals surface area contributed by atoms with Gasteiger partial charge in [-0.25, -0.2) is 31.3 Å². The second kappa shape index (κ2) is 6.79. The first kappa shape index (κ1) is 17.3. The summed E-state index contributed by atoms with van der Waals surface area (Å²) in [5, 5.41) is 0. The molecule has 0 amide bonds. The molecule has 1 aromatic carbocycles. The summed E-state index contributed by atoms with van der Waals surface area (Å²) in [5.41, 5.74) is 1.67. The molecule has 2 aromatic rings. The highest BCUT2D eigenvalue weighted by atomic mass is 32.2. The summed E-state index contributed by atoms with van der Waals surface area (Å²) < 4.78 is 54.1. The third-order valence-electron chi connectivity index (χ3n) is 3.74. The van der Waals surface area contributed by atoms with Gasteiger partial charge in [0.25, 0.3) is 0 Å². The summed E-state index contributed by atoms with van der Waals surface area (Å²) in [6.07, 6.45) is 3.30. The SMILES string of the molecule is O=S(=O)(CCn1cnc2ccccc21)NCCS(=O)(=O)NC1CC1. The van der Waals surface area contributed by atoms with Crippen LogP contribution in [0.25, 0.3) is 11.0 Å². The Morgan fingerprint density at radius 1 is 1.08 bits per heavy atom. The van der Waals surface area contributed by atoms with E-state index in [0.29, 0.717) is 0 Å². The van der Waals surface area contributed by atoms with Gasteiger partial charge in [-0.05, 0) is 25.0 Å². The van der Waals surface area contributed by atoms with E-state index in [4.69, 9.17) is 0 Å². The maximum absolute atomic E-state index is 12.0. The number of benzene rings is 1. The lowest BCUT2D eigenvalue weighted by molar-refractivity contribution is 0.572. The zero-order valence-corrected chi connectivity index (χ0v) is 14.7. The minimum atomic E-state index is -3.55. The average Bonchev–Trinajstić information content (AvgIpc) is 3.21. The van der Waals surface area contributed by atoms with E-state index in [2.05, 4.69) is 14.4 Å². The van der Waals surface area contributed by atoms with Crippen molar-refractivity contribution in [3.8, 4) is 0 Å². The summed E-state index contributed by atoms with van der Waals surface area (Å²) in [7, 11) is -6.97. The van der Waals surface area contributed by atoms with Crippen LogP contribution in [0.3, 0.4) is 0 Å². The fraction of sp³-hybridized carbons (Fsp3) is 0.500. The molecule has 0 aliphatic heterocycles. The second-order valence-electron chi connectivity index (χ2n) is 5.85. The molecule has 24 heavy (non-hydrogen) atoms. The molecular weight excluding hydrogens is 352 g/mol. The van der Waals surface area contributed by atoms with Crippen molar-refractivity contribution < 1.29 is 16.8 Å². The quantitative estimate of drug-likeness (QED) is 0.646. The molecular formula is C14H20N4O4S2. The Bertz CT molecular complexity index is 917. The van der Waals surface area contributed by atoms with Gasteiger partial charge in [-0.3, -0.25) is 0 Å². The first-order chi connectivity index (χ1) is 11.3. The van der Waals surface area contributed by atoms with Crippen molar-refractivity contribution >= 4 is 31.1 Å². The molecule has 132 valence electrons. The van der Waals surface area contributed by atoms with Gasteiger partial charge in [0.1, 0.15) is 0 Å². The van der Waals surface area contributed by atoms with Crippen molar-refractivity contribution in [2.24, 2.45) is 0 Å². The fourth-order valence-corrected chi connectivity index (χ4v) is 4.68. The van der Waals surface area contributed by atoms with Crippen molar-refractivity contribution in [3.05, 3.63) is 30.6 Å². The fourth-order valence-electron chi connectivity index (χ4n) is 2.32. The van der Waals surface area contributed by atoms with Crippen LogP contribution in [0.2, 0.25) is 0 Å². The van der Waals surface area contributed by atoms with E-state index >= 15 is 0 Å². The van der Waals surface area contributed by atoms with Crippen LogP contribution in [-0.4, -0.2) is 50.5 Å². The van der Waals surface area contributed by atoms with Crippen LogP contribution in [0, 0.1) is 0 Å². The van der Waals surface area contributed by atoms with Crippen LogP contribution in [0.4, 0.5) is 0 Å². The van der Waals surface area contributed by atoms with E-state index in [9.17, 15) is 16.8 Å². The van der Waals surface area contributed by atoms with Crippen LogP contribution in [0.5, 0.6) is 0 Å². The standard InChI is InChI=1S/C14H20N4O4S2/c19-23(20,16-7-9-24(21,22)17-12-5-6-12)10-8-18-11-15-13-3-1-2-4-14(13)18/h1-4,11-12,16-17H,5-10H2. The molecule has 3 rings (SSSR count). The Balaban J connectivity index is 1.50. The molecule has 1 aliphatic carbocycles. The van der Waals surface area contributed by atoms with Crippen molar-refractivity contribution in [1.82, 2.24) is 19.0 Å². The lowest BCUT2D eigenvalue weighted by Crippen LogP contribution is -2.36. The molecule has 0 atom stereocenters. The number of hydrogen-bond acceptors (Lipinski definition) is 5. The summed E-state index contributed by atoms with van der Waals surface area (Å²) in [6.45, 7) is 0.123. The van der Waals surface area contributed by atoms with Gasteiger partial charge in [0.2, 0.25) is 20.0 Å². The van der Waals surface area contributed by atoms with E-state index in [1.54, 1.807) is 10.9 Å². The molecule has 0 bridgehead atoms. The van der Waals surface area contributed by atoms with Gasteiger partial charge in [0, 0.05) is 19.1 Å². The predicted octanol–water partition coefficient (Wildman–Crippen LogP) is 0.0375. The Kier molecular flexibility index (Phi) is 4.90. The third-order valence-corrected chi connectivity index (χ3v) is 6.54. The molecule has 0 radical (unpaired) electrons. The van der Waals surface area contributed by atoms with Gasteiger partial charge < -0.3 is 4.57 Å². The lowest BCUT2D eigenvalue weighted by atomic mass is 10.3. The van der Waals surface area contributed by atoms with Crippen LogP contribution in [0.1, 0.15) is 12.8 Å². The monoisotopic (exact) mass is 372 g/mol. The first-order valence-electron chi connectivity index (χ1n) is 7.72. The molecule has 2 N–H and O–H groups in total. The number of nitrogens with zero attached hydrogens (tertiary/aromatic N) is 2. The maximum atomic E-state index is 12.0. The molecule has 1 fully saturated rings. The predicted molar refractivity (Wildman–Crippen MR) is 91.5 cm³/mol. The van der Waals surface area contributed by atoms with Crippen molar-refractivity contribution in [3.63, 3.8) is 0 Å². The number of fused-ring (bicyclic) bond motifs is 1.